The van der Waals surface area contributed by atoms with Crippen molar-refractivity contribution in [2.75, 3.05) is 17.7 Å². The first-order valence-corrected chi connectivity index (χ1v) is 9.63. The van der Waals surface area contributed by atoms with E-state index in [4.69, 9.17) is 4.74 Å². The molecule has 0 bridgehead atoms. The Labute approximate surface area is 158 Å². The fourth-order valence-corrected chi connectivity index (χ4v) is 3.68. The zero-order valence-electron chi connectivity index (χ0n) is 13.9. The Hall–Kier alpha value is -2.45. The number of halogens is 1. The lowest BCUT2D eigenvalue weighted by atomic mass is 10.2. The number of nitrogens with one attached hydrogen (secondary N) is 1. The Kier molecular flexibility index (Phi) is 6.19. The van der Waals surface area contributed by atoms with Gasteiger partial charge in [-0.1, -0.05) is 46.9 Å². The number of carbonyl (C=O) groups is 1. The summed E-state index contributed by atoms with van der Waals surface area (Å²) in [5.74, 6) is 0.663. The number of benzene rings is 2. The minimum Gasteiger partial charge on any atom is -0.493 e. The quantitative estimate of drug-likeness (QED) is 0.368. The van der Waals surface area contributed by atoms with Crippen molar-refractivity contribution in [3.05, 3.63) is 65.5 Å². The third kappa shape index (κ3) is 5.27. The van der Waals surface area contributed by atoms with Crippen molar-refractivity contribution in [2.24, 2.45) is 0 Å². The van der Waals surface area contributed by atoms with Crippen molar-refractivity contribution in [3.63, 3.8) is 0 Å². The van der Waals surface area contributed by atoms with Crippen molar-refractivity contribution in [1.82, 2.24) is 10.2 Å². The third-order valence-electron chi connectivity index (χ3n) is 3.31. The SMILES string of the molecule is Cc1ccc(OCCSc2nnc(NC(=O)c3cccc(F)c3)s2)cc1. The molecule has 3 aromatic rings. The van der Waals surface area contributed by atoms with Gasteiger partial charge in [-0.25, -0.2) is 4.39 Å². The molecular formula is C18H16FN3O2S2. The van der Waals surface area contributed by atoms with Crippen molar-refractivity contribution in [1.29, 1.82) is 0 Å². The lowest BCUT2D eigenvalue weighted by Gasteiger charge is -2.04. The number of carbonyl (C=O) groups excluding carboxylic acids is 1. The molecule has 0 aliphatic heterocycles. The van der Waals surface area contributed by atoms with Crippen LogP contribution in [0.3, 0.4) is 0 Å². The van der Waals surface area contributed by atoms with Gasteiger partial charge in [0.25, 0.3) is 5.91 Å². The average Bonchev–Trinajstić information content (AvgIpc) is 3.07. The fourth-order valence-electron chi connectivity index (χ4n) is 2.04. The Morgan fingerprint density at radius 2 is 2.04 bits per heavy atom. The van der Waals surface area contributed by atoms with Crippen molar-refractivity contribution < 1.29 is 13.9 Å². The number of thioether (sulfide) groups is 1. The number of nitrogens with zero attached hydrogens (tertiary/aromatic N) is 2. The van der Waals surface area contributed by atoms with Crippen LogP contribution in [0.1, 0.15) is 15.9 Å². The second kappa shape index (κ2) is 8.77. The van der Waals surface area contributed by atoms with E-state index in [2.05, 4.69) is 15.5 Å². The monoisotopic (exact) mass is 389 g/mol. The number of aryl methyl sites for hydroxylation is 1. The van der Waals surface area contributed by atoms with Crippen LogP contribution in [0.5, 0.6) is 5.75 Å². The van der Waals surface area contributed by atoms with Crippen LogP contribution in [0.4, 0.5) is 9.52 Å². The molecule has 0 fully saturated rings. The molecule has 3 rings (SSSR count). The van der Waals surface area contributed by atoms with Gasteiger partial charge in [0.05, 0.1) is 6.61 Å². The molecule has 0 atom stereocenters. The van der Waals surface area contributed by atoms with Crippen LogP contribution < -0.4 is 10.1 Å². The van der Waals surface area contributed by atoms with Crippen molar-refractivity contribution >= 4 is 34.1 Å². The molecule has 0 saturated heterocycles. The Morgan fingerprint density at radius 3 is 2.81 bits per heavy atom. The topological polar surface area (TPSA) is 64.1 Å². The number of anilines is 1. The number of ether oxygens (including phenoxy) is 1. The molecule has 1 aromatic heterocycles. The molecule has 2 aromatic carbocycles. The first kappa shape index (κ1) is 18.3. The van der Waals surface area contributed by atoms with Crippen LogP contribution in [-0.2, 0) is 0 Å². The van der Waals surface area contributed by atoms with Crippen LogP contribution in [0.15, 0.2) is 52.9 Å². The number of amides is 1. The summed E-state index contributed by atoms with van der Waals surface area (Å²) >= 11 is 2.77. The molecule has 0 aliphatic rings. The summed E-state index contributed by atoms with van der Waals surface area (Å²) < 4.78 is 19.5. The zero-order valence-corrected chi connectivity index (χ0v) is 15.6. The second-order valence-corrected chi connectivity index (χ2v) is 7.67. The van der Waals surface area contributed by atoms with Gasteiger partial charge in [-0.15, -0.1) is 10.2 Å². The lowest BCUT2D eigenvalue weighted by Crippen LogP contribution is -2.11. The standard InChI is InChI=1S/C18H16FN3O2S2/c1-12-5-7-15(8-6-12)24-9-10-25-18-22-21-17(26-18)20-16(23)13-3-2-4-14(19)11-13/h2-8,11H,9-10H2,1H3,(H,20,21,23). The van der Waals surface area contributed by atoms with Crippen molar-refractivity contribution in [2.45, 2.75) is 11.3 Å². The van der Waals surface area contributed by atoms with E-state index in [-0.39, 0.29) is 5.56 Å². The normalized spacial score (nSPS) is 10.5. The summed E-state index contributed by atoms with van der Waals surface area (Å²) in [5, 5.41) is 11.0. The Balaban J connectivity index is 1.45. The highest BCUT2D eigenvalue weighted by Gasteiger charge is 2.11. The minimum atomic E-state index is -0.459. The summed E-state index contributed by atoms with van der Waals surface area (Å²) in [7, 11) is 0. The fraction of sp³-hybridized carbons (Fsp3) is 0.167. The first-order valence-electron chi connectivity index (χ1n) is 7.83. The van der Waals surface area contributed by atoms with E-state index in [1.54, 1.807) is 0 Å². The van der Waals surface area contributed by atoms with E-state index in [1.807, 2.05) is 31.2 Å². The van der Waals surface area contributed by atoms with Crippen LogP contribution in [0.2, 0.25) is 0 Å². The highest BCUT2D eigenvalue weighted by atomic mass is 32.2. The summed E-state index contributed by atoms with van der Waals surface area (Å²) in [6, 6.07) is 13.4. The number of hydrogen-bond donors (Lipinski definition) is 1. The van der Waals surface area contributed by atoms with Crippen molar-refractivity contribution in [3.8, 4) is 5.75 Å². The predicted octanol–water partition coefficient (Wildman–Crippen LogP) is 4.41. The molecule has 1 amide bonds. The van der Waals surface area contributed by atoms with Gasteiger partial charge < -0.3 is 4.74 Å². The average molecular weight is 389 g/mol. The van der Waals surface area contributed by atoms with Gasteiger partial charge in [-0.3, -0.25) is 10.1 Å². The maximum Gasteiger partial charge on any atom is 0.257 e. The second-order valence-electron chi connectivity index (χ2n) is 5.35. The van der Waals surface area contributed by atoms with E-state index in [0.717, 1.165) is 10.1 Å². The van der Waals surface area contributed by atoms with Gasteiger partial charge in [0.1, 0.15) is 11.6 Å². The van der Waals surface area contributed by atoms with E-state index in [1.165, 1.54) is 52.9 Å². The summed E-state index contributed by atoms with van der Waals surface area (Å²) in [6.07, 6.45) is 0. The molecule has 5 nitrogen and oxygen atoms in total. The molecule has 1 heterocycles. The molecule has 0 unspecified atom stereocenters. The molecular weight excluding hydrogens is 373 g/mol. The van der Waals surface area contributed by atoms with Gasteiger partial charge in [0.2, 0.25) is 5.13 Å². The summed E-state index contributed by atoms with van der Waals surface area (Å²) in [4.78, 5) is 12.1. The summed E-state index contributed by atoms with van der Waals surface area (Å²) in [5.41, 5.74) is 1.43. The Morgan fingerprint density at radius 1 is 1.23 bits per heavy atom. The largest absolute Gasteiger partial charge is 0.493 e. The van der Waals surface area contributed by atoms with Crippen LogP contribution >= 0.6 is 23.1 Å². The van der Waals surface area contributed by atoms with Gasteiger partial charge in [0.15, 0.2) is 4.34 Å². The molecule has 134 valence electrons. The molecule has 8 heteroatoms. The molecule has 1 N–H and O–H groups in total. The van der Waals surface area contributed by atoms with Gasteiger partial charge >= 0.3 is 0 Å². The number of aromatic nitrogens is 2. The maximum absolute atomic E-state index is 13.2. The summed E-state index contributed by atoms with van der Waals surface area (Å²) in [6.45, 7) is 2.57. The first-order chi connectivity index (χ1) is 12.6. The van der Waals surface area contributed by atoms with E-state index in [0.29, 0.717) is 17.5 Å². The van der Waals surface area contributed by atoms with Crippen LogP contribution in [0.25, 0.3) is 0 Å². The highest BCUT2D eigenvalue weighted by Crippen LogP contribution is 2.26. The molecule has 0 spiro atoms. The third-order valence-corrected chi connectivity index (χ3v) is 5.25. The van der Waals surface area contributed by atoms with E-state index >= 15 is 0 Å². The minimum absolute atomic E-state index is 0.237. The van der Waals surface area contributed by atoms with Crippen LogP contribution in [0, 0.1) is 12.7 Å². The van der Waals surface area contributed by atoms with Gasteiger partial charge in [-0.2, -0.15) is 0 Å². The Bertz CT molecular complexity index is 884. The maximum atomic E-state index is 13.2. The van der Waals surface area contributed by atoms with E-state index < -0.39 is 11.7 Å². The van der Waals surface area contributed by atoms with Crippen LogP contribution in [-0.4, -0.2) is 28.5 Å². The molecule has 0 radical (unpaired) electrons. The van der Waals surface area contributed by atoms with Gasteiger partial charge in [0, 0.05) is 11.3 Å². The lowest BCUT2D eigenvalue weighted by molar-refractivity contribution is 0.102. The zero-order chi connectivity index (χ0) is 18.4. The highest BCUT2D eigenvalue weighted by molar-refractivity contribution is 8.01. The predicted molar refractivity (Wildman–Crippen MR) is 102 cm³/mol. The van der Waals surface area contributed by atoms with E-state index in [9.17, 15) is 9.18 Å². The molecule has 0 saturated carbocycles. The smallest absolute Gasteiger partial charge is 0.257 e. The molecule has 26 heavy (non-hydrogen) atoms. The van der Waals surface area contributed by atoms with Gasteiger partial charge in [-0.05, 0) is 37.3 Å². The number of hydrogen-bond acceptors (Lipinski definition) is 6. The number of rotatable bonds is 7. The molecule has 0 aliphatic carbocycles.